The first-order valence-corrected chi connectivity index (χ1v) is 8.26. The van der Waals surface area contributed by atoms with Crippen LogP contribution in [0, 0.1) is 11.8 Å². The number of carboxylic acids is 1. The predicted octanol–water partition coefficient (Wildman–Crippen LogP) is 0.832. The maximum absolute atomic E-state index is 12.0. The van der Waals surface area contributed by atoms with Crippen LogP contribution in [-0.4, -0.2) is 44.5 Å². The standard InChI is InChI=1S/C12H23NO5S/c1-9(2)7-11(12(14)15)13-19(16,17)8-10-3-5-18-6-4-10/h9-11,13H,3-8H2,1-2H3,(H,14,15). The first-order chi connectivity index (χ1) is 8.80. The van der Waals surface area contributed by atoms with E-state index in [0.29, 0.717) is 32.5 Å². The van der Waals surface area contributed by atoms with Crippen molar-refractivity contribution in [2.45, 2.75) is 39.2 Å². The number of hydrogen-bond acceptors (Lipinski definition) is 4. The number of carbonyl (C=O) groups is 1. The normalized spacial score (nSPS) is 19.5. The van der Waals surface area contributed by atoms with Gasteiger partial charge in [-0.1, -0.05) is 13.8 Å². The van der Waals surface area contributed by atoms with Crippen molar-refractivity contribution in [3.8, 4) is 0 Å². The number of ether oxygens (including phenoxy) is 1. The Bertz CT molecular complexity index is 387. The van der Waals surface area contributed by atoms with E-state index in [1.54, 1.807) is 0 Å². The van der Waals surface area contributed by atoms with Gasteiger partial charge in [-0.2, -0.15) is 0 Å². The molecule has 0 spiro atoms. The van der Waals surface area contributed by atoms with Crippen molar-refractivity contribution in [3.63, 3.8) is 0 Å². The molecule has 1 saturated heterocycles. The van der Waals surface area contributed by atoms with Gasteiger partial charge in [0.15, 0.2) is 0 Å². The highest BCUT2D eigenvalue weighted by Crippen LogP contribution is 2.17. The summed E-state index contributed by atoms with van der Waals surface area (Å²) in [6.45, 7) is 4.88. The summed E-state index contributed by atoms with van der Waals surface area (Å²) in [5, 5.41) is 9.04. The van der Waals surface area contributed by atoms with Crippen LogP contribution in [0.5, 0.6) is 0 Å². The molecule has 19 heavy (non-hydrogen) atoms. The van der Waals surface area contributed by atoms with Crippen molar-refractivity contribution in [2.24, 2.45) is 11.8 Å². The van der Waals surface area contributed by atoms with E-state index < -0.39 is 22.0 Å². The molecule has 1 heterocycles. The molecule has 0 bridgehead atoms. The van der Waals surface area contributed by atoms with Crippen LogP contribution in [0.1, 0.15) is 33.1 Å². The molecule has 0 amide bonds. The maximum atomic E-state index is 12.0. The van der Waals surface area contributed by atoms with Crippen LogP contribution in [0.15, 0.2) is 0 Å². The maximum Gasteiger partial charge on any atom is 0.321 e. The van der Waals surface area contributed by atoms with Gasteiger partial charge < -0.3 is 9.84 Å². The Morgan fingerprint density at radius 3 is 2.42 bits per heavy atom. The quantitative estimate of drug-likeness (QED) is 0.725. The molecule has 0 aromatic rings. The Morgan fingerprint density at radius 2 is 1.95 bits per heavy atom. The first-order valence-electron chi connectivity index (χ1n) is 6.60. The van der Waals surface area contributed by atoms with E-state index in [0.717, 1.165) is 0 Å². The minimum atomic E-state index is -3.56. The third-order valence-corrected chi connectivity index (χ3v) is 4.68. The highest BCUT2D eigenvalue weighted by atomic mass is 32.2. The second-order valence-electron chi connectivity index (χ2n) is 5.48. The molecule has 1 fully saturated rings. The number of aliphatic carboxylic acids is 1. The average Bonchev–Trinajstić information content (AvgIpc) is 2.27. The molecule has 0 aromatic carbocycles. The van der Waals surface area contributed by atoms with Crippen LogP contribution >= 0.6 is 0 Å². The molecular weight excluding hydrogens is 270 g/mol. The largest absolute Gasteiger partial charge is 0.480 e. The zero-order valence-electron chi connectivity index (χ0n) is 11.5. The first kappa shape index (κ1) is 16.4. The fraction of sp³-hybridized carbons (Fsp3) is 0.917. The van der Waals surface area contributed by atoms with E-state index in [2.05, 4.69) is 4.72 Å². The summed E-state index contributed by atoms with van der Waals surface area (Å²) >= 11 is 0. The Hall–Kier alpha value is -0.660. The van der Waals surface area contributed by atoms with Crippen LogP contribution in [0.2, 0.25) is 0 Å². The molecule has 1 unspecified atom stereocenters. The summed E-state index contributed by atoms with van der Waals surface area (Å²) in [6.07, 6.45) is 1.72. The lowest BCUT2D eigenvalue weighted by atomic mass is 10.0. The molecular formula is C12H23NO5S. The third kappa shape index (κ3) is 6.35. The average molecular weight is 293 g/mol. The smallest absolute Gasteiger partial charge is 0.321 e. The number of carboxylic acid groups (broad SMARTS) is 1. The van der Waals surface area contributed by atoms with E-state index in [9.17, 15) is 13.2 Å². The zero-order chi connectivity index (χ0) is 14.5. The van der Waals surface area contributed by atoms with Crippen LogP contribution in [0.4, 0.5) is 0 Å². The fourth-order valence-corrected chi connectivity index (χ4v) is 3.84. The summed E-state index contributed by atoms with van der Waals surface area (Å²) < 4.78 is 31.4. The fourth-order valence-electron chi connectivity index (χ4n) is 2.16. The second-order valence-corrected chi connectivity index (χ2v) is 7.27. The number of hydrogen-bond donors (Lipinski definition) is 2. The van der Waals surface area contributed by atoms with Crippen molar-refractivity contribution >= 4 is 16.0 Å². The van der Waals surface area contributed by atoms with Crippen molar-refractivity contribution in [2.75, 3.05) is 19.0 Å². The predicted molar refractivity (Wildman–Crippen MR) is 71.3 cm³/mol. The van der Waals surface area contributed by atoms with Crippen LogP contribution in [0.3, 0.4) is 0 Å². The van der Waals surface area contributed by atoms with Crippen molar-refractivity contribution in [3.05, 3.63) is 0 Å². The number of rotatable bonds is 7. The number of sulfonamides is 1. The summed E-state index contributed by atoms with van der Waals surface area (Å²) in [5.41, 5.74) is 0. The van der Waals surface area contributed by atoms with Crippen LogP contribution < -0.4 is 4.72 Å². The molecule has 2 N–H and O–H groups in total. The lowest BCUT2D eigenvalue weighted by molar-refractivity contribution is -0.139. The van der Waals surface area contributed by atoms with Crippen LogP contribution in [0.25, 0.3) is 0 Å². The topological polar surface area (TPSA) is 92.7 Å². The van der Waals surface area contributed by atoms with E-state index >= 15 is 0 Å². The van der Waals surface area contributed by atoms with Gasteiger partial charge in [0.2, 0.25) is 10.0 Å². The van der Waals surface area contributed by atoms with E-state index in [1.165, 1.54) is 0 Å². The summed E-state index contributed by atoms with van der Waals surface area (Å²) in [5.74, 6) is -0.964. The lowest BCUT2D eigenvalue weighted by Crippen LogP contribution is -2.44. The molecule has 6 nitrogen and oxygen atoms in total. The molecule has 0 radical (unpaired) electrons. The number of nitrogens with one attached hydrogen (secondary N) is 1. The molecule has 0 aliphatic carbocycles. The van der Waals surface area contributed by atoms with Crippen LogP contribution in [-0.2, 0) is 19.6 Å². The van der Waals surface area contributed by atoms with Crippen molar-refractivity contribution in [1.29, 1.82) is 0 Å². The summed E-state index contributed by atoms with van der Waals surface area (Å²) in [4.78, 5) is 11.1. The highest BCUT2D eigenvalue weighted by Gasteiger charge is 2.27. The van der Waals surface area contributed by atoms with Gasteiger partial charge in [-0.15, -0.1) is 0 Å². The van der Waals surface area contributed by atoms with Gasteiger partial charge in [0.05, 0.1) is 5.75 Å². The van der Waals surface area contributed by atoms with E-state index in [1.807, 2.05) is 13.8 Å². The Labute approximate surface area is 114 Å². The third-order valence-electron chi connectivity index (χ3n) is 3.12. The van der Waals surface area contributed by atoms with Gasteiger partial charge in [0, 0.05) is 13.2 Å². The van der Waals surface area contributed by atoms with Gasteiger partial charge in [-0.25, -0.2) is 13.1 Å². The highest BCUT2D eigenvalue weighted by molar-refractivity contribution is 7.89. The minimum Gasteiger partial charge on any atom is -0.480 e. The molecule has 1 atom stereocenters. The minimum absolute atomic E-state index is 0.0156. The Kier molecular flexibility index (Phi) is 6.22. The zero-order valence-corrected chi connectivity index (χ0v) is 12.3. The Balaban J connectivity index is 2.57. The van der Waals surface area contributed by atoms with E-state index in [-0.39, 0.29) is 17.6 Å². The summed E-state index contributed by atoms with van der Waals surface area (Å²) in [6, 6.07) is -1.04. The van der Waals surface area contributed by atoms with Crippen molar-refractivity contribution < 1.29 is 23.1 Å². The second kappa shape index (κ2) is 7.21. The Morgan fingerprint density at radius 1 is 1.37 bits per heavy atom. The van der Waals surface area contributed by atoms with Crippen molar-refractivity contribution in [1.82, 2.24) is 4.72 Å². The molecule has 112 valence electrons. The molecule has 0 saturated carbocycles. The molecule has 1 rings (SSSR count). The molecule has 7 heteroatoms. The lowest BCUT2D eigenvalue weighted by Gasteiger charge is -2.23. The molecule has 1 aliphatic rings. The van der Waals surface area contributed by atoms with Gasteiger partial charge >= 0.3 is 5.97 Å². The molecule has 1 aliphatic heterocycles. The van der Waals surface area contributed by atoms with Gasteiger partial charge in [-0.05, 0) is 31.1 Å². The van der Waals surface area contributed by atoms with E-state index in [4.69, 9.17) is 9.84 Å². The van der Waals surface area contributed by atoms with Gasteiger partial charge in [-0.3, -0.25) is 4.79 Å². The SMILES string of the molecule is CC(C)CC(NS(=O)(=O)CC1CCOCC1)C(=O)O. The van der Waals surface area contributed by atoms with Gasteiger partial charge in [0.1, 0.15) is 6.04 Å². The van der Waals surface area contributed by atoms with Gasteiger partial charge in [0.25, 0.3) is 0 Å². The molecule has 0 aromatic heterocycles. The summed E-state index contributed by atoms with van der Waals surface area (Å²) in [7, 11) is -3.56. The monoisotopic (exact) mass is 293 g/mol.